The first-order valence-electron chi connectivity index (χ1n) is 6.24. The average Bonchev–Trinajstić information content (AvgIpc) is 2.48. The number of phenolic OH excluding ortho intramolecular Hbond substituents is 1. The molecule has 6 heteroatoms. The van der Waals surface area contributed by atoms with Crippen LogP contribution in [0.3, 0.4) is 0 Å². The third kappa shape index (κ3) is 3.64. The molecule has 0 aliphatic carbocycles. The van der Waals surface area contributed by atoms with Gasteiger partial charge in [0.25, 0.3) is 5.91 Å². The number of nitrogens with one attached hydrogen (secondary N) is 2. The third-order valence-electron chi connectivity index (χ3n) is 2.97. The zero-order chi connectivity index (χ0) is 15.4. The number of hydrogen-bond acceptors (Lipinski definition) is 3. The molecule has 0 aliphatic heterocycles. The molecule has 1 amide bonds. The summed E-state index contributed by atoms with van der Waals surface area (Å²) in [6.45, 7) is 0.181. The standard InChI is InChI=1S/C15H14ClFN2O2/c1-18-15(21)9-2-4-12(16)13(7-9)19-8-10-6-11(17)3-5-14(10)20/h2-7,19-20H,8H2,1H3,(H,18,21). The van der Waals surface area contributed by atoms with Crippen LogP contribution in [-0.2, 0) is 6.54 Å². The fourth-order valence-electron chi connectivity index (χ4n) is 1.83. The molecule has 0 spiro atoms. The summed E-state index contributed by atoms with van der Waals surface area (Å²) in [7, 11) is 1.54. The van der Waals surface area contributed by atoms with Gasteiger partial charge < -0.3 is 15.7 Å². The molecule has 2 aromatic carbocycles. The normalized spacial score (nSPS) is 10.2. The van der Waals surface area contributed by atoms with Crippen molar-refractivity contribution in [1.82, 2.24) is 5.32 Å². The van der Waals surface area contributed by atoms with Crippen molar-refractivity contribution < 1.29 is 14.3 Å². The quantitative estimate of drug-likeness (QED) is 0.813. The number of halogens is 2. The van der Waals surface area contributed by atoms with E-state index in [2.05, 4.69) is 10.6 Å². The Morgan fingerprint density at radius 1 is 1.29 bits per heavy atom. The van der Waals surface area contributed by atoms with E-state index < -0.39 is 5.82 Å². The van der Waals surface area contributed by atoms with Gasteiger partial charge in [-0.2, -0.15) is 0 Å². The molecule has 2 rings (SSSR count). The Balaban J connectivity index is 2.19. The monoisotopic (exact) mass is 308 g/mol. The molecule has 0 unspecified atom stereocenters. The Labute approximate surface area is 126 Å². The van der Waals surface area contributed by atoms with Crippen molar-refractivity contribution in [2.24, 2.45) is 0 Å². The van der Waals surface area contributed by atoms with Gasteiger partial charge in [-0.1, -0.05) is 11.6 Å². The Morgan fingerprint density at radius 3 is 2.76 bits per heavy atom. The van der Waals surface area contributed by atoms with E-state index in [-0.39, 0.29) is 18.2 Å². The van der Waals surface area contributed by atoms with Gasteiger partial charge >= 0.3 is 0 Å². The lowest BCUT2D eigenvalue weighted by molar-refractivity contribution is 0.0963. The van der Waals surface area contributed by atoms with Gasteiger partial charge in [-0.3, -0.25) is 4.79 Å². The van der Waals surface area contributed by atoms with Crippen LogP contribution in [0, 0.1) is 5.82 Å². The predicted octanol–water partition coefficient (Wildman–Crippen LogP) is 3.16. The largest absolute Gasteiger partial charge is 0.508 e. The lowest BCUT2D eigenvalue weighted by Crippen LogP contribution is -2.17. The second-order valence-electron chi connectivity index (χ2n) is 4.40. The van der Waals surface area contributed by atoms with E-state index in [0.29, 0.717) is 21.8 Å². The number of aromatic hydroxyl groups is 1. The smallest absolute Gasteiger partial charge is 0.251 e. The van der Waals surface area contributed by atoms with E-state index >= 15 is 0 Å². The molecule has 21 heavy (non-hydrogen) atoms. The molecule has 4 nitrogen and oxygen atoms in total. The topological polar surface area (TPSA) is 61.4 Å². The van der Waals surface area contributed by atoms with Crippen molar-refractivity contribution in [3.8, 4) is 5.75 Å². The van der Waals surface area contributed by atoms with Crippen LogP contribution in [0.5, 0.6) is 5.75 Å². The molecule has 0 aromatic heterocycles. The maximum Gasteiger partial charge on any atom is 0.251 e. The Kier molecular flexibility index (Phi) is 4.65. The summed E-state index contributed by atoms with van der Waals surface area (Å²) in [6, 6.07) is 8.50. The van der Waals surface area contributed by atoms with Crippen LogP contribution in [0.25, 0.3) is 0 Å². The number of hydrogen-bond donors (Lipinski definition) is 3. The highest BCUT2D eigenvalue weighted by atomic mass is 35.5. The lowest BCUT2D eigenvalue weighted by Gasteiger charge is -2.11. The highest BCUT2D eigenvalue weighted by Gasteiger charge is 2.08. The minimum atomic E-state index is -0.435. The number of anilines is 1. The molecular weight excluding hydrogens is 295 g/mol. The molecule has 0 radical (unpaired) electrons. The van der Waals surface area contributed by atoms with Gasteiger partial charge in [0.05, 0.1) is 10.7 Å². The van der Waals surface area contributed by atoms with Crippen LogP contribution in [0.4, 0.5) is 10.1 Å². The Bertz CT molecular complexity index is 677. The molecule has 3 N–H and O–H groups in total. The van der Waals surface area contributed by atoms with Gasteiger partial charge in [0.2, 0.25) is 0 Å². The first kappa shape index (κ1) is 15.1. The lowest BCUT2D eigenvalue weighted by atomic mass is 10.1. The summed E-state index contributed by atoms with van der Waals surface area (Å²) in [6.07, 6.45) is 0. The summed E-state index contributed by atoms with van der Waals surface area (Å²) in [4.78, 5) is 11.6. The summed E-state index contributed by atoms with van der Waals surface area (Å²) in [5, 5.41) is 15.6. The van der Waals surface area contributed by atoms with Crippen LogP contribution < -0.4 is 10.6 Å². The minimum Gasteiger partial charge on any atom is -0.508 e. The average molecular weight is 309 g/mol. The maximum atomic E-state index is 13.2. The van der Waals surface area contributed by atoms with Crippen molar-refractivity contribution in [2.75, 3.05) is 12.4 Å². The van der Waals surface area contributed by atoms with Gasteiger partial charge in [-0.15, -0.1) is 0 Å². The Morgan fingerprint density at radius 2 is 2.05 bits per heavy atom. The zero-order valence-electron chi connectivity index (χ0n) is 11.3. The highest BCUT2D eigenvalue weighted by molar-refractivity contribution is 6.33. The summed E-state index contributed by atoms with van der Waals surface area (Å²) in [5.41, 5.74) is 1.38. The van der Waals surface area contributed by atoms with Crippen LogP contribution in [0.1, 0.15) is 15.9 Å². The van der Waals surface area contributed by atoms with Crippen LogP contribution in [0.2, 0.25) is 5.02 Å². The number of carbonyl (C=O) groups is 1. The van der Waals surface area contributed by atoms with Gasteiger partial charge in [-0.25, -0.2) is 4.39 Å². The zero-order valence-corrected chi connectivity index (χ0v) is 12.0. The fraction of sp³-hybridized carbons (Fsp3) is 0.133. The molecule has 0 bridgehead atoms. The molecule has 0 heterocycles. The molecule has 2 aromatic rings. The molecule has 0 atom stereocenters. The molecule has 0 aliphatic rings. The van der Waals surface area contributed by atoms with E-state index in [0.717, 1.165) is 0 Å². The minimum absolute atomic E-state index is 0.0116. The van der Waals surface area contributed by atoms with Gasteiger partial charge in [0.15, 0.2) is 0 Å². The molecule has 0 saturated heterocycles. The van der Waals surface area contributed by atoms with E-state index in [1.807, 2.05) is 0 Å². The van der Waals surface area contributed by atoms with Gasteiger partial charge in [-0.05, 0) is 36.4 Å². The first-order valence-corrected chi connectivity index (χ1v) is 6.62. The summed E-state index contributed by atoms with van der Waals surface area (Å²) in [5.74, 6) is -0.680. The third-order valence-corrected chi connectivity index (χ3v) is 3.30. The first-order chi connectivity index (χ1) is 10.0. The molecule has 0 fully saturated rings. The molecule has 110 valence electrons. The highest BCUT2D eigenvalue weighted by Crippen LogP contribution is 2.25. The second kappa shape index (κ2) is 6.45. The predicted molar refractivity (Wildman–Crippen MR) is 80.2 cm³/mol. The molecule has 0 saturated carbocycles. The van der Waals surface area contributed by atoms with E-state index in [1.165, 1.54) is 25.2 Å². The summed E-state index contributed by atoms with van der Waals surface area (Å²) < 4.78 is 13.2. The van der Waals surface area contributed by atoms with E-state index in [4.69, 9.17) is 11.6 Å². The number of amides is 1. The SMILES string of the molecule is CNC(=O)c1ccc(Cl)c(NCc2cc(F)ccc2O)c1. The van der Waals surface area contributed by atoms with Crippen molar-refractivity contribution in [2.45, 2.75) is 6.54 Å². The second-order valence-corrected chi connectivity index (χ2v) is 4.81. The fourth-order valence-corrected chi connectivity index (χ4v) is 2.02. The van der Waals surface area contributed by atoms with Crippen molar-refractivity contribution in [3.63, 3.8) is 0 Å². The van der Waals surface area contributed by atoms with Gasteiger partial charge in [0, 0.05) is 24.7 Å². The van der Waals surface area contributed by atoms with E-state index in [1.54, 1.807) is 18.2 Å². The van der Waals surface area contributed by atoms with Gasteiger partial charge in [0.1, 0.15) is 11.6 Å². The number of carbonyl (C=O) groups excluding carboxylic acids is 1. The van der Waals surface area contributed by atoms with Crippen LogP contribution in [-0.4, -0.2) is 18.1 Å². The van der Waals surface area contributed by atoms with Crippen molar-refractivity contribution in [1.29, 1.82) is 0 Å². The number of rotatable bonds is 4. The van der Waals surface area contributed by atoms with E-state index in [9.17, 15) is 14.3 Å². The van der Waals surface area contributed by atoms with Crippen LogP contribution >= 0.6 is 11.6 Å². The van der Waals surface area contributed by atoms with Crippen LogP contribution in [0.15, 0.2) is 36.4 Å². The molecular formula is C15H14ClFN2O2. The van der Waals surface area contributed by atoms with Crippen molar-refractivity contribution >= 4 is 23.2 Å². The number of phenols is 1. The number of benzene rings is 2. The Hall–Kier alpha value is -2.27. The van der Waals surface area contributed by atoms with Crippen molar-refractivity contribution in [3.05, 3.63) is 58.4 Å². The summed E-state index contributed by atoms with van der Waals surface area (Å²) >= 11 is 6.05. The maximum absolute atomic E-state index is 13.2.